The summed E-state index contributed by atoms with van der Waals surface area (Å²) in [7, 11) is 0. The predicted molar refractivity (Wildman–Crippen MR) is 83.7 cm³/mol. The molecule has 2 aliphatic rings. The van der Waals surface area contributed by atoms with E-state index < -0.39 is 0 Å². The van der Waals surface area contributed by atoms with Gasteiger partial charge in [-0.3, -0.25) is 0 Å². The SMILES string of the molecule is c1ccc2c(c1)CCCN2c1nc(CNC2CC2)cs1. The lowest BCUT2D eigenvalue weighted by Crippen LogP contribution is -2.24. The molecule has 104 valence electrons. The van der Waals surface area contributed by atoms with Crippen molar-refractivity contribution in [2.45, 2.75) is 38.3 Å². The molecule has 1 aromatic carbocycles. The Labute approximate surface area is 123 Å². The highest BCUT2D eigenvalue weighted by molar-refractivity contribution is 7.13. The first kappa shape index (κ1) is 12.4. The fourth-order valence-electron chi connectivity index (χ4n) is 2.77. The minimum atomic E-state index is 0.746. The number of hydrogen-bond acceptors (Lipinski definition) is 4. The number of fused-ring (bicyclic) bond motifs is 1. The summed E-state index contributed by atoms with van der Waals surface area (Å²) in [6.07, 6.45) is 5.06. The monoisotopic (exact) mass is 285 g/mol. The van der Waals surface area contributed by atoms with Crippen LogP contribution in [0.15, 0.2) is 29.6 Å². The highest BCUT2D eigenvalue weighted by atomic mass is 32.1. The molecule has 1 aliphatic heterocycles. The maximum absolute atomic E-state index is 4.81. The first-order valence-electron chi connectivity index (χ1n) is 7.43. The quantitative estimate of drug-likeness (QED) is 0.932. The molecule has 3 nitrogen and oxygen atoms in total. The third-order valence-corrected chi connectivity index (χ3v) is 4.94. The summed E-state index contributed by atoms with van der Waals surface area (Å²) in [6.45, 7) is 2.00. The summed E-state index contributed by atoms with van der Waals surface area (Å²) in [4.78, 5) is 7.19. The molecule has 4 rings (SSSR count). The van der Waals surface area contributed by atoms with Gasteiger partial charge >= 0.3 is 0 Å². The predicted octanol–water partition coefficient (Wildman–Crippen LogP) is 3.48. The number of nitrogens with zero attached hydrogens (tertiary/aromatic N) is 2. The first-order chi connectivity index (χ1) is 9.90. The summed E-state index contributed by atoms with van der Waals surface area (Å²) in [5.41, 5.74) is 3.97. The van der Waals surface area contributed by atoms with Crippen LogP contribution in [0.25, 0.3) is 0 Å². The van der Waals surface area contributed by atoms with E-state index in [1.807, 2.05) is 0 Å². The molecule has 0 bridgehead atoms. The minimum absolute atomic E-state index is 0.746. The van der Waals surface area contributed by atoms with Crippen LogP contribution >= 0.6 is 11.3 Å². The third kappa shape index (κ3) is 2.45. The molecule has 1 aromatic heterocycles. The van der Waals surface area contributed by atoms with Crippen molar-refractivity contribution in [2.75, 3.05) is 11.4 Å². The van der Waals surface area contributed by atoms with E-state index in [1.165, 1.54) is 42.6 Å². The van der Waals surface area contributed by atoms with Crippen LogP contribution in [-0.2, 0) is 13.0 Å². The minimum Gasteiger partial charge on any atom is -0.318 e. The van der Waals surface area contributed by atoms with Gasteiger partial charge in [0.1, 0.15) is 0 Å². The van der Waals surface area contributed by atoms with E-state index in [4.69, 9.17) is 4.98 Å². The Hall–Kier alpha value is -1.39. The lowest BCUT2D eigenvalue weighted by Gasteiger charge is -2.28. The fourth-order valence-corrected chi connectivity index (χ4v) is 3.63. The van der Waals surface area contributed by atoms with Gasteiger partial charge in [-0.1, -0.05) is 18.2 Å². The van der Waals surface area contributed by atoms with Gasteiger partial charge in [0.15, 0.2) is 5.13 Å². The summed E-state index contributed by atoms with van der Waals surface area (Å²) < 4.78 is 0. The molecule has 0 amide bonds. The van der Waals surface area contributed by atoms with Crippen LogP contribution in [0.1, 0.15) is 30.5 Å². The molecule has 0 saturated heterocycles. The number of aromatic nitrogens is 1. The molecule has 0 spiro atoms. The Kier molecular flexibility index (Phi) is 3.20. The molecule has 0 radical (unpaired) electrons. The van der Waals surface area contributed by atoms with E-state index in [1.54, 1.807) is 11.3 Å². The van der Waals surface area contributed by atoms with Crippen LogP contribution in [0.3, 0.4) is 0 Å². The topological polar surface area (TPSA) is 28.2 Å². The highest BCUT2D eigenvalue weighted by Crippen LogP contribution is 2.35. The summed E-state index contributed by atoms with van der Waals surface area (Å²) in [5, 5.41) is 6.87. The van der Waals surface area contributed by atoms with E-state index in [0.717, 1.165) is 24.3 Å². The van der Waals surface area contributed by atoms with Crippen LogP contribution in [0.2, 0.25) is 0 Å². The van der Waals surface area contributed by atoms with Crippen molar-refractivity contribution in [1.29, 1.82) is 0 Å². The molecule has 0 atom stereocenters. The zero-order valence-electron chi connectivity index (χ0n) is 11.5. The Morgan fingerprint density at radius 2 is 2.20 bits per heavy atom. The van der Waals surface area contributed by atoms with Crippen LogP contribution in [0.4, 0.5) is 10.8 Å². The number of aryl methyl sites for hydroxylation is 1. The van der Waals surface area contributed by atoms with Crippen molar-refractivity contribution in [2.24, 2.45) is 0 Å². The molecular formula is C16H19N3S. The summed E-state index contributed by atoms with van der Waals surface area (Å²) >= 11 is 1.77. The number of anilines is 2. The zero-order valence-corrected chi connectivity index (χ0v) is 12.3. The average Bonchev–Trinajstić information content (AvgIpc) is 3.21. The number of thiazole rings is 1. The van der Waals surface area contributed by atoms with Gasteiger partial charge in [0, 0.05) is 30.2 Å². The van der Waals surface area contributed by atoms with Crippen molar-refractivity contribution < 1.29 is 0 Å². The van der Waals surface area contributed by atoms with Crippen molar-refractivity contribution in [1.82, 2.24) is 10.3 Å². The van der Waals surface area contributed by atoms with E-state index in [2.05, 4.69) is 39.9 Å². The largest absolute Gasteiger partial charge is 0.318 e. The Morgan fingerprint density at radius 3 is 3.10 bits per heavy atom. The normalized spacial score (nSPS) is 18.1. The molecule has 1 N–H and O–H groups in total. The van der Waals surface area contributed by atoms with Crippen LogP contribution in [0.5, 0.6) is 0 Å². The molecule has 2 aromatic rings. The van der Waals surface area contributed by atoms with Gasteiger partial charge in [-0.05, 0) is 37.3 Å². The number of nitrogens with one attached hydrogen (secondary N) is 1. The third-order valence-electron chi connectivity index (χ3n) is 4.03. The number of benzene rings is 1. The van der Waals surface area contributed by atoms with E-state index >= 15 is 0 Å². The van der Waals surface area contributed by atoms with Gasteiger partial charge in [0.25, 0.3) is 0 Å². The maximum atomic E-state index is 4.81. The van der Waals surface area contributed by atoms with Gasteiger partial charge < -0.3 is 10.2 Å². The van der Waals surface area contributed by atoms with Gasteiger partial charge in [-0.2, -0.15) is 0 Å². The molecule has 1 fully saturated rings. The second-order valence-corrected chi connectivity index (χ2v) is 6.50. The van der Waals surface area contributed by atoms with Gasteiger partial charge in [0.2, 0.25) is 0 Å². The van der Waals surface area contributed by atoms with Crippen LogP contribution < -0.4 is 10.2 Å². The first-order valence-corrected chi connectivity index (χ1v) is 8.31. The second-order valence-electron chi connectivity index (χ2n) is 5.66. The van der Waals surface area contributed by atoms with E-state index in [-0.39, 0.29) is 0 Å². The molecule has 1 saturated carbocycles. The van der Waals surface area contributed by atoms with Gasteiger partial charge in [-0.15, -0.1) is 11.3 Å². The molecule has 0 unspecified atom stereocenters. The fraction of sp³-hybridized carbons (Fsp3) is 0.438. The lowest BCUT2D eigenvalue weighted by atomic mass is 10.0. The van der Waals surface area contributed by atoms with Gasteiger partial charge in [-0.25, -0.2) is 4.98 Å². The summed E-state index contributed by atoms with van der Waals surface area (Å²) in [6, 6.07) is 9.47. The van der Waals surface area contributed by atoms with Crippen molar-refractivity contribution >= 4 is 22.2 Å². The molecule has 4 heteroatoms. The molecular weight excluding hydrogens is 266 g/mol. The smallest absolute Gasteiger partial charge is 0.190 e. The molecule has 1 aliphatic carbocycles. The maximum Gasteiger partial charge on any atom is 0.190 e. The van der Waals surface area contributed by atoms with Crippen molar-refractivity contribution in [3.63, 3.8) is 0 Å². The summed E-state index contributed by atoms with van der Waals surface area (Å²) in [5.74, 6) is 0. The molecule has 2 heterocycles. The van der Waals surface area contributed by atoms with E-state index in [9.17, 15) is 0 Å². The average molecular weight is 285 g/mol. The standard InChI is InChI=1S/C16H19N3S/c1-2-6-15-12(4-1)5-3-9-19(15)16-18-14(11-20-16)10-17-13-7-8-13/h1-2,4,6,11,13,17H,3,5,7-10H2. The van der Waals surface area contributed by atoms with Crippen LogP contribution in [-0.4, -0.2) is 17.6 Å². The number of para-hydroxylation sites is 1. The lowest BCUT2D eigenvalue weighted by molar-refractivity contribution is 0.676. The second kappa shape index (κ2) is 5.19. The number of hydrogen-bond donors (Lipinski definition) is 1. The van der Waals surface area contributed by atoms with Crippen LogP contribution in [0, 0.1) is 0 Å². The Morgan fingerprint density at radius 1 is 1.30 bits per heavy atom. The molecule has 20 heavy (non-hydrogen) atoms. The highest BCUT2D eigenvalue weighted by Gasteiger charge is 2.22. The number of rotatable bonds is 4. The van der Waals surface area contributed by atoms with Gasteiger partial charge in [0.05, 0.1) is 5.69 Å². The Bertz CT molecular complexity index is 603. The van der Waals surface area contributed by atoms with Crippen molar-refractivity contribution in [3.05, 3.63) is 40.9 Å². The van der Waals surface area contributed by atoms with Crippen molar-refractivity contribution in [3.8, 4) is 0 Å². The Balaban J connectivity index is 1.55. The van der Waals surface area contributed by atoms with E-state index in [0.29, 0.717) is 0 Å². The zero-order chi connectivity index (χ0) is 13.4.